The summed E-state index contributed by atoms with van der Waals surface area (Å²) in [6.07, 6.45) is -1.20. The average Bonchev–Trinajstić information content (AvgIpc) is 2.83. The molecule has 0 aliphatic heterocycles. The summed E-state index contributed by atoms with van der Waals surface area (Å²) in [5.41, 5.74) is 11.7. The number of hydrogen-bond donors (Lipinski definition) is 7. The van der Waals surface area contributed by atoms with Crippen LogP contribution in [0.15, 0.2) is 30.3 Å². The predicted molar refractivity (Wildman–Crippen MR) is 131 cm³/mol. The fourth-order valence-electron chi connectivity index (χ4n) is 3.30. The Morgan fingerprint density at radius 1 is 0.917 bits per heavy atom. The maximum Gasteiger partial charge on any atom is 0.326 e. The summed E-state index contributed by atoms with van der Waals surface area (Å²) in [6.45, 7) is 4.94. The first kappa shape index (κ1) is 30.5. The van der Waals surface area contributed by atoms with Crippen LogP contribution in [0, 0.1) is 5.92 Å². The number of aliphatic carboxylic acids is 1. The van der Waals surface area contributed by atoms with Gasteiger partial charge in [-0.15, -0.1) is 0 Å². The zero-order chi connectivity index (χ0) is 27.4. The van der Waals surface area contributed by atoms with E-state index in [1.807, 2.05) is 6.92 Å². The van der Waals surface area contributed by atoms with Crippen molar-refractivity contribution in [1.29, 1.82) is 0 Å². The smallest absolute Gasteiger partial charge is 0.326 e. The molecule has 0 aliphatic carbocycles. The number of aliphatic hydroxyl groups excluding tert-OH is 1. The van der Waals surface area contributed by atoms with Gasteiger partial charge in [-0.05, 0) is 24.8 Å². The van der Waals surface area contributed by atoms with Crippen molar-refractivity contribution in [1.82, 2.24) is 16.0 Å². The van der Waals surface area contributed by atoms with E-state index in [-0.39, 0.29) is 25.2 Å². The lowest BCUT2D eigenvalue weighted by Crippen LogP contribution is -2.60. The Morgan fingerprint density at radius 2 is 1.50 bits per heavy atom. The van der Waals surface area contributed by atoms with Gasteiger partial charge < -0.3 is 37.6 Å². The second-order valence-electron chi connectivity index (χ2n) is 8.79. The number of amides is 4. The van der Waals surface area contributed by atoms with E-state index in [4.69, 9.17) is 11.5 Å². The molecule has 1 aromatic carbocycles. The number of carboxylic acid groups (broad SMARTS) is 1. The summed E-state index contributed by atoms with van der Waals surface area (Å²) in [7, 11) is 0. The van der Waals surface area contributed by atoms with Gasteiger partial charge >= 0.3 is 5.97 Å². The summed E-state index contributed by atoms with van der Waals surface area (Å²) in [5.74, 6) is -4.58. The van der Waals surface area contributed by atoms with Gasteiger partial charge in [0, 0.05) is 12.8 Å². The number of nitrogens with two attached hydrogens (primary N) is 2. The molecule has 12 nitrogen and oxygen atoms in total. The van der Waals surface area contributed by atoms with Gasteiger partial charge in [0.25, 0.3) is 0 Å². The fourth-order valence-corrected chi connectivity index (χ4v) is 3.30. The third kappa shape index (κ3) is 10.0. The predicted octanol–water partition coefficient (Wildman–Crippen LogP) is -1.21. The van der Waals surface area contributed by atoms with Gasteiger partial charge in [0.1, 0.15) is 18.1 Å². The Hall–Kier alpha value is -3.51. The Balaban J connectivity index is 3.10. The van der Waals surface area contributed by atoms with Crippen LogP contribution in [0.3, 0.4) is 0 Å². The third-order valence-corrected chi connectivity index (χ3v) is 5.83. The van der Waals surface area contributed by atoms with Gasteiger partial charge in [-0.2, -0.15) is 0 Å². The summed E-state index contributed by atoms with van der Waals surface area (Å²) in [5, 5.41) is 26.8. The topological polar surface area (TPSA) is 214 Å². The number of primary amides is 1. The van der Waals surface area contributed by atoms with Crippen LogP contribution < -0.4 is 27.4 Å². The van der Waals surface area contributed by atoms with E-state index in [1.165, 1.54) is 6.92 Å². The number of carboxylic acids is 1. The monoisotopic (exact) mass is 507 g/mol. The molecule has 6 unspecified atom stereocenters. The Labute approximate surface area is 210 Å². The van der Waals surface area contributed by atoms with Crippen molar-refractivity contribution in [2.45, 2.75) is 76.7 Å². The van der Waals surface area contributed by atoms with E-state index in [1.54, 1.807) is 37.3 Å². The van der Waals surface area contributed by atoms with Crippen molar-refractivity contribution >= 4 is 29.6 Å². The molecule has 1 aromatic rings. The molecule has 4 amide bonds. The molecule has 0 radical (unpaired) electrons. The van der Waals surface area contributed by atoms with Crippen LogP contribution in [0.25, 0.3) is 0 Å². The molecule has 0 bridgehead atoms. The number of nitrogens with one attached hydrogen (secondary N) is 3. The summed E-state index contributed by atoms with van der Waals surface area (Å²) < 4.78 is 0. The minimum atomic E-state index is -1.42. The normalized spacial score (nSPS) is 15.9. The van der Waals surface area contributed by atoms with Gasteiger partial charge in [0.15, 0.2) is 0 Å². The number of rotatable bonds is 15. The molecule has 12 heteroatoms. The van der Waals surface area contributed by atoms with Gasteiger partial charge in [-0.3, -0.25) is 19.2 Å². The van der Waals surface area contributed by atoms with Crippen LogP contribution >= 0.6 is 0 Å². The molecule has 9 N–H and O–H groups in total. The highest BCUT2D eigenvalue weighted by atomic mass is 16.4. The second-order valence-corrected chi connectivity index (χ2v) is 8.79. The quantitative estimate of drug-likeness (QED) is 0.152. The first-order valence-electron chi connectivity index (χ1n) is 11.8. The molecular weight excluding hydrogens is 470 g/mol. The highest BCUT2D eigenvalue weighted by Gasteiger charge is 2.33. The lowest BCUT2D eigenvalue weighted by Gasteiger charge is -2.27. The van der Waals surface area contributed by atoms with Crippen LogP contribution in [-0.4, -0.2) is 70.1 Å². The second kappa shape index (κ2) is 14.8. The maximum atomic E-state index is 13.0. The largest absolute Gasteiger partial charge is 0.480 e. The van der Waals surface area contributed by atoms with E-state index in [2.05, 4.69) is 16.0 Å². The van der Waals surface area contributed by atoms with E-state index in [0.29, 0.717) is 12.0 Å². The van der Waals surface area contributed by atoms with Gasteiger partial charge in [-0.1, -0.05) is 50.6 Å². The zero-order valence-electron chi connectivity index (χ0n) is 20.8. The van der Waals surface area contributed by atoms with E-state index < -0.39 is 59.9 Å². The first-order chi connectivity index (χ1) is 16.9. The van der Waals surface area contributed by atoms with Crippen LogP contribution in [0.5, 0.6) is 0 Å². The lowest BCUT2D eigenvalue weighted by molar-refractivity contribution is -0.142. The minimum Gasteiger partial charge on any atom is -0.480 e. The molecule has 1 rings (SSSR count). The summed E-state index contributed by atoms with van der Waals surface area (Å²) in [6, 6.07) is 3.67. The Bertz CT molecular complexity index is 909. The van der Waals surface area contributed by atoms with Gasteiger partial charge in [-0.25, -0.2) is 4.79 Å². The van der Waals surface area contributed by atoms with Gasteiger partial charge in [0.05, 0.1) is 12.1 Å². The maximum absolute atomic E-state index is 13.0. The molecule has 0 spiro atoms. The van der Waals surface area contributed by atoms with E-state index >= 15 is 0 Å². The van der Waals surface area contributed by atoms with Crippen LogP contribution in [-0.2, 0) is 30.4 Å². The molecular formula is C24H37N5O7. The number of benzene rings is 1. The third-order valence-electron chi connectivity index (χ3n) is 5.83. The highest BCUT2D eigenvalue weighted by Crippen LogP contribution is 2.08. The Morgan fingerprint density at radius 3 is 2.00 bits per heavy atom. The molecule has 0 fully saturated rings. The Kier molecular flexibility index (Phi) is 12.5. The van der Waals surface area contributed by atoms with Crippen LogP contribution in [0.2, 0.25) is 0 Å². The summed E-state index contributed by atoms with van der Waals surface area (Å²) >= 11 is 0. The first-order valence-corrected chi connectivity index (χ1v) is 11.8. The van der Waals surface area contributed by atoms with Crippen LogP contribution in [0.1, 0.15) is 45.6 Å². The number of hydrogen-bond acceptors (Lipinski definition) is 7. The molecule has 0 aromatic heterocycles. The zero-order valence-corrected chi connectivity index (χ0v) is 20.8. The summed E-state index contributed by atoms with van der Waals surface area (Å²) in [4.78, 5) is 61.2. The molecule has 0 aliphatic rings. The molecule has 200 valence electrons. The molecule has 6 atom stereocenters. The minimum absolute atomic E-state index is 0.00652. The van der Waals surface area contributed by atoms with Gasteiger partial charge in [0.2, 0.25) is 23.6 Å². The van der Waals surface area contributed by atoms with Crippen LogP contribution in [0.4, 0.5) is 0 Å². The fraction of sp³-hybridized carbons (Fsp3) is 0.542. The number of aliphatic hydroxyl groups is 1. The molecule has 0 saturated heterocycles. The lowest BCUT2D eigenvalue weighted by atomic mass is 9.98. The van der Waals surface area contributed by atoms with Crippen molar-refractivity contribution in [2.24, 2.45) is 17.4 Å². The molecule has 0 heterocycles. The standard InChI is InChI=1S/C24H37N5O7/c1-4-13(2)19(26)22(33)29-20(14(3)30)23(34)28-17(12-15-8-6-5-7-9-15)21(32)27-16(24(35)36)10-11-18(25)31/h5-9,13-14,16-17,19-20,30H,4,10-12,26H2,1-3H3,(H2,25,31)(H,27,32)(H,28,34)(H,29,33)(H,35,36). The van der Waals surface area contributed by atoms with Crippen molar-refractivity contribution in [3.63, 3.8) is 0 Å². The van der Waals surface area contributed by atoms with Crippen molar-refractivity contribution < 1.29 is 34.2 Å². The van der Waals surface area contributed by atoms with E-state index in [0.717, 1.165) is 0 Å². The number of carbonyl (C=O) groups excluding carboxylic acids is 4. The van der Waals surface area contributed by atoms with E-state index in [9.17, 15) is 34.2 Å². The van der Waals surface area contributed by atoms with Crippen molar-refractivity contribution in [2.75, 3.05) is 0 Å². The molecule has 0 saturated carbocycles. The van der Waals surface area contributed by atoms with Crippen molar-refractivity contribution in [3.8, 4) is 0 Å². The number of carbonyl (C=O) groups is 5. The molecule has 36 heavy (non-hydrogen) atoms. The SMILES string of the molecule is CCC(C)C(N)C(=O)NC(C(=O)NC(Cc1ccccc1)C(=O)NC(CCC(N)=O)C(=O)O)C(C)O. The average molecular weight is 508 g/mol. The van der Waals surface area contributed by atoms with Crippen molar-refractivity contribution in [3.05, 3.63) is 35.9 Å². The highest BCUT2D eigenvalue weighted by molar-refractivity contribution is 5.94.